The summed E-state index contributed by atoms with van der Waals surface area (Å²) in [6.07, 6.45) is 9.90. The summed E-state index contributed by atoms with van der Waals surface area (Å²) >= 11 is 0. The average molecular weight is 297 g/mol. The fraction of sp³-hybridized carbons (Fsp3) is 0.882. The molecule has 0 radical (unpaired) electrons. The molecule has 0 aromatic rings. The van der Waals surface area contributed by atoms with E-state index in [0.717, 1.165) is 18.8 Å². The maximum Gasteiger partial charge on any atom is 0.328 e. The lowest BCUT2D eigenvalue weighted by molar-refractivity contribution is -0.145. The third-order valence-corrected chi connectivity index (χ3v) is 4.27. The highest BCUT2D eigenvalue weighted by Gasteiger charge is 2.22. The van der Waals surface area contributed by atoms with Gasteiger partial charge >= 0.3 is 5.97 Å². The first-order chi connectivity index (χ1) is 10.0. The molecule has 0 spiro atoms. The third-order valence-electron chi connectivity index (χ3n) is 4.27. The van der Waals surface area contributed by atoms with Crippen molar-refractivity contribution in [2.45, 2.75) is 77.7 Å². The molecule has 1 saturated carbocycles. The first-order valence-electron chi connectivity index (χ1n) is 8.40. The van der Waals surface area contributed by atoms with Crippen molar-refractivity contribution in [1.82, 2.24) is 5.32 Å². The lowest BCUT2D eigenvalue weighted by Crippen LogP contribution is -2.42. The van der Waals surface area contributed by atoms with E-state index in [4.69, 9.17) is 4.74 Å². The Bertz CT molecular complexity index is 322. The minimum atomic E-state index is -0.503. The van der Waals surface area contributed by atoms with Gasteiger partial charge in [0.05, 0.1) is 7.11 Å². The summed E-state index contributed by atoms with van der Waals surface area (Å²) in [5, 5.41) is 2.82. The predicted octanol–water partition coefficient (Wildman–Crippen LogP) is 3.44. The zero-order valence-electron chi connectivity index (χ0n) is 13.8. The Balaban J connectivity index is 2.27. The Morgan fingerprint density at radius 1 is 1.19 bits per heavy atom. The van der Waals surface area contributed by atoms with Gasteiger partial charge in [0.2, 0.25) is 5.91 Å². The Morgan fingerprint density at radius 3 is 2.43 bits per heavy atom. The van der Waals surface area contributed by atoms with Crippen molar-refractivity contribution in [1.29, 1.82) is 0 Å². The van der Waals surface area contributed by atoms with E-state index in [-0.39, 0.29) is 11.9 Å². The summed E-state index contributed by atoms with van der Waals surface area (Å²) in [4.78, 5) is 23.6. The molecule has 1 atom stereocenters. The van der Waals surface area contributed by atoms with E-state index in [1.165, 1.54) is 39.2 Å². The molecule has 1 rings (SSSR count). The van der Waals surface area contributed by atoms with Gasteiger partial charge in [-0.15, -0.1) is 0 Å². The van der Waals surface area contributed by atoms with Crippen molar-refractivity contribution in [2.24, 2.45) is 11.8 Å². The molecular weight excluding hydrogens is 266 g/mol. The zero-order valence-corrected chi connectivity index (χ0v) is 13.8. The summed E-state index contributed by atoms with van der Waals surface area (Å²) in [5.41, 5.74) is 0. The van der Waals surface area contributed by atoms with Gasteiger partial charge in [-0.25, -0.2) is 4.79 Å². The summed E-state index contributed by atoms with van der Waals surface area (Å²) < 4.78 is 4.76. The highest BCUT2D eigenvalue weighted by atomic mass is 16.5. The van der Waals surface area contributed by atoms with Crippen molar-refractivity contribution in [3.05, 3.63) is 0 Å². The number of amides is 1. The number of carbonyl (C=O) groups is 2. The molecule has 4 heteroatoms. The van der Waals surface area contributed by atoms with E-state index in [0.29, 0.717) is 18.8 Å². The SMILES string of the molecule is COC(=O)C(CC(C)C)NC(=O)CCCC1CCCCC1. The monoisotopic (exact) mass is 297 g/mol. The maximum atomic E-state index is 12.0. The number of hydrogen-bond acceptors (Lipinski definition) is 3. The van der Waals surface area contributed by atoms with Crippen LogP contribution in [0.3, 0.4) is 0 Å². The van der Waals surface area contributed by atoms with Gasteiger partial charge in [-0.2, -0.15) is 0 Å². The van der Waals surface area contributed by atoms with Crippen LogP contribution in [0.1, 0.15) is 71.6 Å². The smallest absolute Gasteiger partial charge is 0.328 e. The zero-order chi connectivity index (χ0) is 15.7. The molecule has 122 valence electrons. The van der Waals surface area contributed by atoms with Gasteiger partial charge in [0.15, 0.2) is 0 Å². The van der Waals surface area contributed by atoms with Crippen LogP contribution in [0.4, 0.5) is 0 Å². The van der Waals surface area contributed by atoms with E-state index in [1.807, 2.05) is 13.8 Å². The van der Waals surface area contributed by atoms with Crippen LogP contribution >= 0.6 is 0 Å². The molecule has 0 saturated heterocycles. The van der Waals surface area contributed by atoms with Crippen LogP contribution in [0.25, 0.3) is 0 Å². The van der Waals surface area contributed by atoms with Crippen LogP contribution < -0.4 is 5.32 Å². The predicted molar refractivity (Wildman–Crippen MR) is 83.8 cm³/mol. The molecule has 1 N–H and O–H groups in total. The van der Waals surface area contributed by atoms with Gasteiger partial charge < -0.3 is 10.1 Å². The van der Waals surface area contributed by atoms with Crippen LogP contribution in [-0.4, -0.2) is 25.0 Å². The lowest BCUT2D eigenvalue weighted by Gasteiger charge is -2.21. The highest BCUT2D eigenvalue weighted by molar-refractivity contribution is 5.84. The summed E-state index contributed by atoms with van der Waals surface area (Å²) in [6, 6.07) is -0.503. The Morgan fingerprint density at radius 2 is 1.86 bits per heavy atom. The average Bonchev–Trinajstić information content (AvgIpc) is 2.46. The topological polar surface area (TPSA) is 55.4 Å². The minimum absolute atomic E-state index is 0.0261. The lowest BCUT2D eigenvalue weighted by atomic mass is 9.86. The van der Waals surface area contributed by atoms with Gasteiger partial charge in [0.1, 0.15) is 6.04 Å². The Labute approximate surface area is 129 Å². The number of hydrogen-bond donors (Lipinski definition) is 1. The first kappa shape index (κ1) is 18.0. The number of rotatable bonds is 8. The van der Waals surface area contributed by atoms with Crippen LogP contribution in [0.15, 0.2) is 0 Å². The Hall–Kier alpha value is -1.06. The second kappa shape index (κ2) is 9.80. The summed E-state index contributed by atoms with van der Waals surface area (Å²) in [7, 11) is 1.37. The standard InChI is InChI=1S/C17H31NO3/c1-13(2)12-15(17(20)21-3)18-16(19)11-7-10-14-8-5-4-6-9-14/h13-15H,4-12H2,1-3H3,(H,18,19). The number of nitrogens with one attached hydrogen (secondary N) is 1. The molecule has 1 fully saturated rings. The normalized spacial score (nSPS) is 17.5. The number of ether oxygens (including phenoxy) is 1. The molecule has 4 nitrogen and oxygen atoms in total. The van der Waals surface area contributed by atoms with E-state index in [2.05, 4.69) is 5.32 Å². The maximum absolute atomic E-state index is 12.0. The molecule has 0 aromatic heterocycles. The largest absolute Gasteiger partial charge is 0.467 e. The molecule has 0 aliphatic heterocycles. The van der Waals surface area contributed by atoms with Crippen LogP contribution in [0, 0.1) is 11.8 Å². The molecule has 0 heterocycles. The van der Waals surface area contributed by atoms with E-state index in [1.54, 1.807) is 0 Å². The number of methoxy groups -OCH3 is 1. The minimum Gasteiger partial charge on any atom is -0.467 e. The number of esters is 1. The molecule has 1 aliphatic carbocycles. The fourth-order valence-corrected chi connectivity index (χ4v) is 3.12. The van der Waals surface area contributed by atoms with Crippen molar-refractivity contribution in [3.8, 4) is 0 Å². The van der Waals surface area contributed by atoms with Crippen molar-refractivity contribution >= 4 is 11.9 Å². The van der Waals surface area contributed by atoms with E-state index < -0.39 is 6.04 Å². The van der Waals surface area contributed by atoms with Crippen molar-refractivity contribution < 1.29 is 14.3 Å². The molecule has 1 aliphatic rings. The van der Waals surface area contributed by atoms with Crippen LogP contribution in [0.5, 0.6) is 0 Å². The Kier molecular flexibility index (Phi) is 8.40. The number of carbonyl (C=O) groups excluding carboxylic acids is 2. The van der Waals surface area contributed by atoms with Gasteiger partial charge in [-0.05, 0) is 31.1 Å². The van der Waals surface area contributed by atoms with Gasteiger partial charge in [0, 0.05) is 6.42 Å². The molecular formula is C17H31NO3. The van der Waals surface area contributed by atoms with E-state index in [9.17, 15) is 9.59 Å². The summed E-state index contributed by atoms with van der Waals surface area (Å²) in [6.45, 7) is 4.07. The van der Waals surface area contributed by atoms with E-state index >= 15 is 0 Å². The first-order valence-corrected chi connectivity index (χ1v) is 8.40. The van der Waals surface area contributed by atoms with Crippen molar-refractivity contribution in [2.75, 3.05) is 7.11 Å². The molecule has 1 amide bonds. The molecule has 21 heavy (non-hydrogen) atoms. The highest BCUT2D eigenvalue weighted by Crippen LogP contribution is 2.27. The second-order valence-electron chi connectivity index (χ2n) is 6.67. The van der Waals surface area contributed by atoms with Gasteiger partial charge in [-0.1, -0.05) is 46.0 Å². The van der Waals surface area contributed by atoms with Gasteiger partial charge in [-0.3, -0.25) is 4.79 Å². The molecule has 1 unspecified atom stereocenters. The van der Waals surface area contributed by atoms with Crippen molar-refractivity contribution in [3.63, 3.8) is 0 Å². The quantitative estimate of drug-likeness (QED) is 0.698. The fourth-order valence-electron chi connectivity index (χ4n) is 3.12. The third kappa shape index (κ3) is 7.49. The van der Waals surface area contributed by atoms with Crippen LogP contribution in [-0.2, 0) is 14.3 Å². The molecule has 0 bridgehead atoms. The second-order valence-corrected chi connectivity index (χ2v) is 6.67. The molecule has 0 aromatic carbocycles. The summed E-state index contributed by atoms with van der Waals surface area (Å²) in [5.74, 6) is 0.779. The van der Waals surface area contributed by atoms with Gasteiger partial charge in [0.25, 0.3) is 0 Å². The van der Waals surface area contributed by atoms with Crippen LogP contribution in [0.2, 0.25) is 0 Å².